The van der Waals surface area contributed by atoms with Gasteiger partial charge in [0.25, 0.3) is 5.91 Å². The van der Waals surface area contributed by atoms with Gasteiger partial charge in [0.15, 0.2) is 0 Å². The zero-order valence-electron chi connectivity index (χ0n) is 9.43. The lowest BCUT2D eigenvalue weighted by Crippen LogP contribution is -2.17. The van der Waals surface area contributed by atoms with Crippen LogP contribution in [0.15, 0.2) is 11.1 Å². The van der Waals surface area contributed by atoms with Crippen molar-refractivity contribution in [2.75, 3.05) is 0 Å². The largest absolute Gasteiger partial charge is 0.505 e. The molecule has 1 fully saturated rings. The molecule has 0 spiro atoms. The van der Waals surface area contributed by atoms with Crippen LogP contribution in [0.3, 0.4) is 0 Å². The fraction of sp³-hybridized carbons (Fsp3) is 0.182. The van der Waals surface area contributed by atoms with E-state index in [4.69, 9.17) is 12.2 Å². The molecule has 1 aliphatic heterocycles. The molecule has 1 saturated heterocycles. The second-order valence-electron chi connectivity index (χ2n) is 3.64. The van der Waals surface area contributed by atoms with Crippen molar-refractivity contribution in [3.05, 3.63) is 27.9 Å². The van der Waals surface area contributed by atoms with Crippen molar-refractivity contribution in [1.29, 1.82) is 0 Å². The van der Waals surface area contributed by atoms with Gasteiger partial charge >= 0.3 is 0 Å². The van der Waals surface area contributed by atoms with E-state index in [1.165, 1.54) is 12.3 Å². The lowest BCUT2D eigenvalue weighted by Gasteiger charge is -2.07. The number of nitrogens with zero attached hydrogens (tertiary/aromatic N) is 1. The van der Waals surface area contributed by atoms with E-state index in [1.807, 2.05) is 0 Å². The third-order valence-electron chi connectivity index (χ3n) is 2.45. The second kappa shape index (κ2) is 5.05. The minimum absolute atomic E-state index is 0.0414. The Morgan fingerprint density at radius 3 is 2.89 bits per heavy atom. The monoisotopic (exact) mass is 282 g/mol. The van der Waals surface area contributed by atoms with E-state index in [-0.39, 0.29) is 18.3 Å². The quantitative estimate of drug-likeness (QED) is 0.556. The topological polar surface area (TPSA) is 82.5 Å². The zero-order chi connectivity index (χ0) is 13.3. The Kier molecular flexibility index (Phi) is 3.65. The number of hydrogen-bond acceptors (Lipinski definition) is 6. The van der Waals surface area contributed by atoms with Crippen molar-refractivity contribution >= 4 is 40.3 Å². The smallest absolute Gasteiger partial charge is 0.263 e. The van der Waals surface area contributed by atoms with Crippen LogP contribution in [0.25, 0.3) is 6.08 Å². The summed E-state index contributed by atoms with van der Waals surface area (Å²) in [6, 6.07) is 0. The minimum atomic E-state index is -0.303. The van der Waals surface area contributed by atoms with Crippen LogP contribution < -0.4 is 5.32 Å². The van der Waals surface area contributed by atoms with Crippen molar-refractivity contribution in [2.45, 2.75) is 13.5 Å². The number of aliphatic hydroxyl groups is 1. The molecule has 0 saturated carbocycles. The highest BCUT2D eigenvalue weighted by molar-refractivity contribution is 8.26. The average molecular weight is 282 g/mol. The summed E-state index contributed by atoms with van der Waals surface area (Å²) in [6.07, 6.45) is 2.98. The highest BCUT2D eigenvalue weighted by Crippen LogP contribution is 2.31. The molecule has 0 radical (unpaired) electrons. The van der Waals surface area contributed by atoms with Crippen LogP contribution in [0, 0.1) is 6.92 Å². The maximum Gasteiger partial charge on any atom is 0.263 e. The maximum atomic E-state index is 11.5. The van der Waals surface area contributed by atoms with Gasteiger partial charge < -0.3 is 15.5 Å². The van der Waals surface area contributed by atoms with Gasteiger partial charge in [-0.3, -0.25) is 9.78 Å². The van der Waals surface area contributed by atoms with E-state index < -0.39 is 0 Å². The molecule has 0 unspecified atom stereocenters. The molecule has 3 N–H and O–H groups in total. The summed E-state index contributed by atoms with van der Waals surface area (Å²) >= 11 is 6.00. The third-order valence-corrected chi connectivity index (χ3v) is 3.61. The normalized spacial score (nSPS) is 17.3. The molecule has 2 rings (SSSR count). The van der Waals surface area contributed by atoms with E-state index in [9.17, 15) is 15.0 Å². The van der Waals surface area contributed by atoms with E-state index >= 15 is 0 Å². The average Bonchev–Trinajstić information content (AvgIpc) is 2.64. The van der Waals surface area contributed by atoms with E-state index in [0.29, 0.717) is 26.0 Å². The summed E-state index contributed by atoms with van der Waals surface area (Å²) in [7, 11) is 0. The molecule has 0 aliphatic carbocycles. The first kappa shape index (κ1) is 13.0. The van der Waals surface area contributed by atoms with Gasteiger partial charge in [0, 0.05) is 17.3 Å². The Hall–Kier alpha value is -1.44. The predicted octanol–water partition coefficient (Wildman–Crippen LogP) is 1.08. The number of thioether (sulfide) groups is 1. The zero-order valence-corrected chi connectivity index (χ0v) is 11.1. The summed E-state index contributed by atoms with van der Waals surface area (Å²) in [5.41, 5.74) is 1.29. The number of carbonyl (C=O) groups excluding carboxylic acids is 1. The highest BCUT2D eigenvalue weighted by atomic mass is 32.2. The predicted molar refractivity (Wildman–Crippen MR) is 72.9 cm³/mol. The van der Waals surface area contributed by atoms with Crippen LogP contribution in [0.5, 0.6) is 5.75 Å². The van der Waals surface area contributed by atoms with Crippen molar-refractivity contribution < 1.29 is 15.0 Å². The Balaban J connectivity index is 2.51. The lowest BCUT2D eigenvalue weighted by molar-refractivity contribution is -0.115. The minimum Gasteiger partial charge on any atom is -0.505 e. The number of pyridine rings is 1. The van der Waals surface area contributed by atoms with Crippen LogP contribution in [-0.2, 0) is 11.4 Å². The van der Waals surface area contributed by atoms with Crippen molar-refractivity contribution in [1.82, 2.24) is 10.3 Å². The van der Waals surface area contributed by atoms with Gasteiger partial charge in [-0.2, -0.15) is 0 Å². The molecule has 18 heavy (non-hydrogen) atoms. The first-order valence-electron chi connectivity index (χ1n) is 5.06. The van der Waals surface area contributed by atoms with Crippen LogP contribution in [0.2, 0.25) is 0 Å². The molecule has 1 aromatic heterocycles. The van der Waals surface area contributed by atoms with Gasteiger partial charge in [-0.1, -0.05) is 24.0 Å². The second-order valence-corrected chi connectivity index (χ2v) is 5.36. The lowest BCUT2D eigenvalue weighted by atomic mass is 10.1. The van der Waals surface area contributed by atoms with Gasteiger partial charge in [-0.25, -0.2) is 0 Å². The number of aliphatic hydroxyl groups excluding tert-OH is 1. The summed E-state index contributed by atoms with van der Waals surface area (Å²) in [4.78, 5) is 15.9. The van der Waals surface area contributed by atoms with Crippen LogP contribution >= 0.6 is 24.0 Å². The van der Waals surface area contributed by atoms with E-state index in [0.717, 1.165) is 11.8 Å². The van der Waals surface area contributed by atoms with Crippen molar-refractivity contribution in [2.24, 2.45) is 0 Å². The van der Waals surface area contributed by atoms with Crippen LogP contribution in [0.4, 0.5) is 0 Å². The van der Waals surface area contributed by atoms with Gasteiger partial charge in [0.2, 0.25) is 0 Å². The first-order valence-corrected chi connectivity index (χ1v) is 6.28. The number of carbonyl (C=O) groups is 1. The fourth-order valence-electron chi connectivity index (χ4n) is 1.49. The molecule has 5 nitrogen and oxygen atoms in total. The Bertz CT molecular complexity index is 570. The summed E-state index contributed by atoms with van der Waals surface area (Å²) in [6.45, 7) is 1.38. The molecule has 1 amide bonds. The molecular formula is C11H10N2O3S2. The summed E-state index contributed by atoms with van der Waals surface area (Å²) in [5, 5.41) is 21.6. The number of aromatic nitrogens is 1. The molecule has 1 aliphatic rings. The van der Waals surface area contributed by atoms with Crippen LogP contribution in [0.1, 0.15) is 16.8 Å². The first-order chi connectivity index (χ1) is 8.52. The SMILES string of the molecule is Cc1ncc(CO)c(C=C2SC(=S)NC2=O)c1O. The Labute approximate surface area is 113 Å². The van der Waals surface area contributed by atoms with Crippen molar-refractivity contribution in [3.63, 3.8) is 0 Å². The molecule has 0 aromatic carbocycles. The molecular weight excluding hydrogens is 272 g/mol. The van der Waals surface area contributed by atoms with Gasteiger partial charge in [0.05, 0.1) is 17.2 Å². The molecule has 7 heteroatoms. The van der Waals surface area contributed by atoms with Gasteiger partial charge in [-0.15, -0.1) is 0 Å². The van der Waals surface area contributed by atoms with Crippen LogP contribution in [-0.4, -0.2) is 25.4 Å². The number of aryl methyl sites for hydroxylation is 1. The van der Waals surface area contributed by atoms with Crippen molar-refractivity contribution in [3.8, 4) is 5.75 Å². The molecule has 94 valence electrons. The number of rotatable bonds is 2. The Morgan fingerprint density at radius 2 is 2.33 bits per heavy atom. The van der Waals surface area contributed by atoms with E-state index in [2.05, 4.69) is 10.3 Å². The Morgan fingerprint density at radius 1 is 1.61 bits per heavy atom. The number of amides is 1. The highest BCUT2D eigenvalue weighted by Gasteiger charge is 2.23. The fourth-order valence-corrected chi connectivity index (χ4v) is 2.52. The number of thiocarbonyl (C=S) groups is 1. The summed E-state index contributed by atoms with van der Waals surface area (Å²) in [5.74, 6) is -0.344. The van der Waals surface area contributed by atoms with Gasteiger partial charge in [-0.05, 0) is 13.0 Å². The standard InChI is InChI=1S/C11H10N2O3S2/c1-5-9(15)7(6(4-14)3-12-5)2-8-10(16)13-11(17)18-8/h2-3,14-15H,4H2,1H3,(H,13,16,17). The number of nitrogens with one attached hydrogen (secondary N) is 1. The van der Waals surface area contributed by atoms with Gasteiger partial charge in [0.1, 0.15) is 10.1 Å². The molecule has 0 bridgehead atoms. The molecule has 0 atom stereocenters. The third kappa shape index (κ3) is 2.38. The summed E-state index contributed by atoms with van der Waals surface area (Å²) < 4.78 is 0.377. The van der Waals surface area contributed by atoms with E-state index in [1.54, 1.807) is 6.92 Å². The maximum absolute atomic E-state index is 11.5. The number of hydrogen-bond donors (Lipinski definition) is 3. The molecule has 2 heterocycles. The number of aromatic hydroxyl groups is 1. The molecule has 1 aromatic rings.